The Morgan fingerprint density at radius 2 is 1.81 bits per heavy atom. The molecule has 0 aliphatic carbocycles. The first kappa shape index (κ1) is 21.6. The zero-order valence-corrected chi connectivity index (χ0v) is 19.0. The standard InChI is InChI=1S/C21H28N5.Ir/c1-5-8-15(4)18-12-24-19(13-23-18)26-14-25-20-17(10-11-22-21(20)26)16(7-3)9-6-2;/h10-13,15-16H,5-9H2,1-4H3;/q-1;. The van der Waals surface area contributed by atoms with Gasteiger partial charge in [0, 0.05) is 50.7 Å². The molecule has 3 aromatic rings. The second kappa shape index (κ2) is 10.0. The van der Waals surface area contributed by atoms with Gasteiger partial charge in [-0.25, -0.2) is 0 Å². The monoisotopic (exact) mass is 543 g/mol. The van der Waals surface area contributed by atoms with Crippen molar-refractivity contribution in [2.75, 3.05) is 0 Å². The van der Waals surface area contributed by atoms with Gasteiger partial charge >= 0.3 is 0 Å². The molecule has 2 atom stereocenters. The van der Waals surface area contributed by atoms with Crippen LogP contribution in [-0.2, 0) is 20.1 Å². The van der Waals surface area contributed by atoms with Crippen LogP contribution in [-0.4, -0.2) is 24.5 Å². The molecule has 3 aromatic heterocycles. The Morgan fingerprint density at radius 3 is 2.44 bits per heavy atom. The first-order chi connectivity index (χ1) is 12.7. The van der Waals surface area contributed by atoms with Crippen molar-refractivity contribution in [3.8, 4) is 5.82 Å². The van der Waals surface area contributed by atoms with Crippen LogP contribution in [0.1, 0.15) is 82.9 Å². The number of imidazole rings is 1. The van der Waals surface area contributed by atoms with Crippen molar-refractivity contribution in [3.63, 3.8) is 0 Å². The van der Waals surface area contributed by atoms with Gasteiger partial charge in [-0.15, -0.1) is 0 Å². The van der Waals surface area contributed by atoms with Crippen LogP contribution in [0.25, 0.3) is 17.0 Å². The number of nitrogens with zero attached hydrogens (tertiary/aromatic N) is 5. The van der Waals surface area contributed by atoms with E-state index in [1.165, 1.54) is 5.56 Å². The summed E-state index contributed by atoms with van der Waals surface area (Å²) < 4.78 is 1.82. The van der Waals surface area contributed by atoms with Crippen molar-refractivity contribution in [2.24, 2.45) is 0 Å². The maximum absolute atomic E-state index is 4.60. The molecule has 0 amide bonds. The molecule has 3 heterocycles. The van der Waals surface area contributed by atoms with E-state index in [-0.39, 0.29) is 20.1 Å². The van der Waals surface area contributed by atoms with Gasteiger partial charge in [-0.3, -0.25) is 15.0 Å². The number of fused-ring (bicyclic) bond motifs is 1. The predicted molar refractivity (Wildman–Crippen MR) is 105 cm³/mol. The molecule has 0 aliphatic heterocycles. The molecule has 0 aliphatic rings. The van der Waals surface area contributed by atoms with E-state index in [4.69, 9.17) is 0 Å². The fourth-order valence-electron chi connectivity index (χ4n) is 3.58. The molecule has 0 N–H and O–H groups in total. The minimum atomic E-state index is 0. The van der Waals surface area contributed by atoms with Gasteiger partial charge in [0.15, 0.2) is 0 Å². The molecule has 6 heteroatoms. The summed E-state index contributed by atoms with van der Waals surface area (Å²) in [7, 11) is 0. The molecule has 0 fully saturated rings. The molecule has 2 unspecified atom stereocenters. The zero-order valence-electron chi connectivity index (χ0n) is 16.6. The average molecular weight is 543 g/mol. The summed E-state index contributed by atoms with van der Waals surface area (Å²) in [6.07, 6.45) is 14.3. The minimum absolute atomic E-state index is 0. The van der Waals surface area contributed by atoms with Gasteiger partial charge in [0.25, 0.3) is 0 Å². The Hall–Kier alpha value is -1.65. The Kier molecular flexibility index (Phi) is 8.06. The van der Waals surface area contributed by atoms with E-state index in [0.29, 0.717) is 17.7 Å². The third-order valence-electron chi connectivity index (χ3n) is 5.09. The third-order valence-corrected chi connectivity index (χ3v) is 5.09. The Bertz CT molecular complexity index is 843. The van der Waals surface area contributed by atoms with Crippen molar-refractivity contribution < 1.29 is 20.1 Å². The maximum atomic E-state index is 4.60. The summed E-state index contributed by atoms with van der Waals surface area (Å²) in [5, 5.41) is 0. The van der Waals surface area contributed by atoms with Crippen LogP contribution in [0.15, 0.2) is 24.7 Å². The molecule has 0 aromatic carbocycles. The summed E-state index contributed by atoms with van der Waals surface area (Å²) in [6.45, 7) is 8.84. The Labute approximate surface area is 175 Å². The molecule has 0 saturated carbocycles. The van der Waals surface area contributed by atoms with Crippen LogP contribution in [0.2, 0.25) is 0 Å². The first-order valence-electron chi connectivity index (χ1n) is 9.76. The molecule has 1 radical (unpaired) electrons. The van der Waals surface area contributed by atoms with Gasteiger partial charge in [-0.1, -0.05) is 46.1 Å². The second-order valence-electron chi connectivity index (χ2n) is 7.00. The van der Waals surface area contributed by atoms with Gasteiger partial charge in [0.2, 0.25) is 0 Å². The number of aromatic nitrogens is 5. The summed E-state index contributed by atoms with van der Waals surface area (Å²) in [6, 6.07) is 2.10. The Balaban J connectivity index is 0.00000261. The minimum Gasteiger partial charge on any atom is -0.395 e. The summed E-state index contributed by atoms with van der Waals surface area (Å²) in [4.78, 5) is 18.3. The van der Waals surface area contributed by atoms with E-state index < -0.39 is 0 Å². The quantitative estimate of drug-likeness (QED) is 0.367. The van der Waals surface area contributed by atoms with Crippen molar-refractivity contribution in [1.29, 1.82) is 0 Å². The molecule has 5 nitrogen and oxygen atoms in total. The van der Waals surface area contributed by atoms with Crippen molar-refractivity contribution in [2.45, 2.75) is 71.6 Å². The maximum Gasteiger partial charge on any atom is 0.0748 e. The van der Waals surface area contributed by atoms with Crippen molar-refractivity contribution >= 4 is 11.2 Å². The van der Waals surface area contributed by atoms with E-state index in [9.17, 15) is 0 Å². The van der Waals surface area contributed by atoms with Gasteiger partial charge in [0.1, 0.15) is 0 Å². The molecule has 3 rings (SSSR count). The largest absolute Gasteiger partial charge is 0.395 e. The molecule has 27 heavy (non-hydrogen) atoms. The SMILES string of the molecule is CCCC(C)c1cnc(-n2[c-]nc3c(C(CC)CCC)ccnc32)cn1.[Ir]. The van der Waals surface area contributed by atoms with Crippen LogP contribution < -0.4 is 0 Å². The molecular weight excluding hydrogens is 514 g/mol. The van der Waals surface area contributed by atoms with E-state index in [1.54, 1.807) is 6.20 Å². The van der Waals surface area contributed by atoms with E-state index >= 15 is 0 Å². The van der Waals surface area contributed by atoms with Crippen LogP contribution in [0.4, 0.5) is 0 Å². The van der Waals surface area contributed by atoms with Crippen LogP contribution in [0.5, 0.6) is 0 Å². The second-order valence-corrected chi connectivity index (χ2v) is 7.00. The molecule has 0 bridgehead atoms. The van der Waals surface area contributed by atoms with Crippen LogP contribution in [0, 0.1) is 6.33 Å². The molecule has 0 saturated heterocycles. The summed E-state index contributed by atoms with van der Waals surface area (Å²) >= 11 is 0. The number of hydrogen-bond acceptors (Lipinski definition) is 4. The van der Waals surface area contributed by atoms with Crippen LogP contribution >= 0.6 is 0 Å². The predicted octanol–water partition coefficient (Wildman–Crippen LogP) is 5.21. The normalized spacial score (nSPS) is 13.3. The topological polar surface area (TPSA) is 56.5 Å². The van der Waals surface area contributed by atoms with Gasteiger partial charge in [-0.05, 0) is 42.7 Å². The molecule has 147 valence electrons. The fourth-order valence-corrected chi connectivity index (χ4v) is 3.58. The number of pyridine rings is 1. The number of rotatable bonds is 8. The molecule has 0 spiro atoms. The van der Waals surface area contributed by atoms with Gasteiger partial charge < -0.3 is 9.55 Å². The average Bonchev–Trinajstić information content (AvgIpc) is 3.11. The zero-order chi connectivity index (χ0) is 18.5. The van der Waals surface area contributed by atoms with Gasteiger partial charge in [0.05, 0.1) is 11.5 Å². The van der Waals surface area contributed by atoms with Crippen molar-refractivity contribution in [3.05, 3.63) is 42.2 Å². The summed E-state index contributed by atoms with van der Waals surface area (Å²) in [5.74, 6) is 1.65. The van der Waals surface area contributed by atoms with Crippen molar-refractivity contribution in [1.82, 2.24) is 24.5 Å². The fraction of sp³-hybridized carbons (Fsp3) is 0.524. The van der Waals surface area contributed by atoms with E-state index in [0.717, 1.165) is 49.0 Å². The third kappa shape index (κ3) is 4.61. The summed E-state index contributed by atoms with van der Waals surface area (Å²) in [5.41, 5.74) is 4.02. The number of hydrogen-bond donors (Lipinski definition) is 0. The smallest absolute Gasteiger partial charge is 0.0748 e. The Morgan fingerprint density at radius 1 is 1.04 bits per heavy atom. The van der Waals surface area contributed by atoms with Gasteiger partial charge in [-0.2, -0.15) is 0 Å². The first-order valence-corrected chi connectivity index (χ1v) is 9.76. The van der Waals surface area contributed by atoms with Crippen LogP contribution in [0.3, 0.4) is 0 Å². The van der Waals surface area contributed by atoms with E-state index in [1.807, 2.05) is 17.0 Å². The molecular formula is C21H28IrN5-. The van der Waals surface area contributed by atoms with E-state index in [2.05, 4.69) is 60.0 Å².